The lowest BCUT2D eigenvalue weighted by molar-refractivity contribution is 0.317. The van der Waals surface area contributed by atoms with Crippen LogP contribution in [0.15, 0.2) is 90.1 Å². The molecule has 3 nitrogen and oxygen atoms in total. The average Bonchev–Trinajstić information content (AvgIpc) is 2.70. The Kier molecular flexibility index (Phi) is 5.47. The minimum absolute atomic E-state index is 0.0956. The van der Waals surface area contributed by atoms with E-state index in [9.17, 15) is 5.21 Å². The lowest BCUT2D eigenvalue weighted by atomic mass is 9.85. The molecular formula is C22H21NO2. The van der Waals surface area contributed by atoms with Crippen molar-refractivity contribution in [3.63, 3.8) is 0 Å². The van der Waals surface area contributed by atoms with Gasteiger partial charge in [-0.05, 0) is 28.8 Å². The summed E-state index contributed by atoms with van der Waals surface area (Å²) in [6, 6.07) is 28.1. The summed E-state index contributed by atoms with van der Waals surface area (Å²) >= 11 is 0. The Morgan fingerprint density at radius 1 is 0.840 bits per heavy atom. The van der Waals surface area contributed by atoms with E-state index in [1.165, 1.54) is 5.56 Å². The van der Waals surface area contributed by atoms with Crippen LogP contribution in [0.5, 0.6) is 5.75 Å². The molecular weight excluding hydrogens is 310 g/mol. The second-order valence-electron chi connectivity index (χ2n) is 5.85. The minimum Gasteiger partial charge on any atom is -0.497 e. The molecule has 3 heteroatoms. The molecule has 3 aromatic rings. The Bertz CT molecular complexity index is 812. The van der Waals surface area contributed by atoms with E-state index in [-0.39, 0.29) is 5.92 Å². The van der Waals surface area contributed by atoms with Gasteiger partial charge in [-0.2, -0.15) is 0 Å². The van der Waals surface area contributed by atoms with Gasteiger partial charge in [0.25, 0.3) is 0 Å². The number of benzene rings is 3. The van der Waals surface area contributed by atoms with Gasteiger partial charge in [0.2, 0.25) is 0 Å². The zero-order valence-electron chi connectivity index (χ0n) is 14.2. The number of hydrogen-bond acceptors (Lipinski definition) is 3. The van der Waals surface area contributed by atoms with Crippen molar-refractivity contribution in [1.82, 2.24) is 0 Å². The first kappa shape index (κ1) is 16.8. The molecule has 1 atom stereocenters. The van der Waals surface area contributed by atoms with Crippen molar-refractivity contribution in [3.05, 3.63) is 102 Å². The molecule has 0 amide bonds. The molecule has 3 rings (SSSR count). The summed E-state index contributed by atoms with van der Waals surface area (Å²) in [6.45, 7) is 0. The summed E-state index contributed by atoms with van der Waals surface area (Å²) in [4.78, 5) is 0. The summed E-state index contributed by atoms with van der Waals surface area (Å²) in [7, 11) is 1.66. The number of hydrogen-bond donors (Lipinski definition) is 1. The van der Waals surface area contributed by atoms with Gasteiger partial charge in [-0.15, -0.1) is 0 Å². The molecule has 0 heterocycles. The molecule has 3 aromatic carbocycles. The number of oxime groups is 1. The van der Waals surface area contributed by atoms with Gasteiger partial charge in [0.15, 0.2) is 0 Å². The predicted molar refractivity (Wildman–Crippen MR) is 101 cm³/mol. The fourth-order valence-corrected chi connectivity index (χ4v) is 2.99. The Hall–Kier alpha value is -3.07. The van der Waals surface area contributed by atoms with Gasteiger partial charge < -0.3 is 9.94 Å². The monoisotopic (exact) mass is 331 g/mol. The largest absolute Gasteiger partial charge is 0.497 e. The third kappa shape index (κ3) is 4.07. The maximum absolute atomic E-state index is 9.57. The van der Waals surface area contributed by atoms with E-state index < -0.39 is 0 Å². The average molecular weight is 331 g/mol. The normalized spacial score (nSPS) is 12.6. The highest BCUT2D eigenvalue weighted by Crippen LogP contribution is 2.30. The van der Waals surface area contributed by atoms with E-state index in [1.807, 2.05) is 60.7 Å². The third-order valence-corrected chi connectivity index (χ3v) is 4.35. The van der Waals surface area contributed by atoms with Crippen molar-refractivity contribution in [3.8, 4) is 5.75 Å². The standard InChI is InChI=1S/C22H21NO2/c1-25-20-14-12-18(13-15-20)21(17-8-4-2-5-9-17)16-22(23-24)19-10-6-3-7-11-19/h2-15,21,24H,16H2,1H3/b23-22-. The highest BCUT2D eigenvalue weighted by molar-refractivity contribution is 6.00. The van der Waals surface area contributed by atoms with Crippen LogP contribution in [0.25, 0.3) is 0 Å². The van der Waals surface area contributed by atoms with Gasteiger partial charge in [-0.25, -0.2) is 0 Å². The summed E-state index contributed by atoms with van der Waals surface area (Å²) in [5.41, 5.74) is 3.94. The highest BCUT2D eigenvalue weighted by atomic mass is 16.5. The van der Waals surface area contributed by atoms with E-state index in [1.54, 1.807) is 7.11 Å². The van der Waals surface area contributed by atoms with Crippen LogP contribution in [0.1, 0.15) is 29.0 Å². The molecule has 0 fully saturated rings. The SMILES string of the molecule is COc1ccc(C(C/C(=N/O)c2ccccc2)c2ccccc2)cc1. The van der Waals surface area contributed by atoms with E-state index >= 15 is 0 Å². The number of rotatable bonds is 6. The first-order chi connectivity index (χ1) is 12.3. The first-order valence-corrected chi connectivity index (χ1v) is 8.27. The second kappa shape index (κ2) is 8.15. The zero-order chi connectivity index (χ0) is 17.5. The molecule has 0 aromatic heterocycles. The summed E-state index contributed by atoms with van der Waals surface area (Å²) in [6.07, 6.45) is 0.608. The third-order valence-electron chi connectivity index (χ3n) is 4.35. The highest BCUT2D eigenvalue weighted by Gasteiger charge is 2.18. The van der Waals surface area contributed by atoms with Crippen molar-refractivity contribution in [2.45, 2.75) is 12.3 Å². The molecule has 0 aliphatic carbocycles. The van der Waals surface area contributed by atoms with Gasteiger partial charge in [-0.3, -0.25) is 0 Å². The van der Waals surface area contributed by atoms with Gasteiger partial charge in [0.05, 0.1) is 12.8 Å². The Balaban J connectivity index is 1.96. The van der Waals surface area contributed by atoms with Gasteiger partial charge in [-0.1, -0.05) is 78.0 Å². The molecule has 25 heavy (non-hydrogen) atoms. The summed E-state index contributed by atoms with van der Waals surface area (Å²) < 4.78 is 5.26. The van der Waals surface area contributed by atoms with Crippen LogP contribution in [-0.2, 0) is 0 Å². The molecule has 1 N–H and O–H groups in total. The number of methoxy groups -OCH3 is 1. The van der Waals surface area contributed by atoms with Gasteiger partial charge in [0, 0.05) is 12.3 Å². The number of nitrogens with zero attached hydrogens (tertiary/aromatic N) is 1. The fraction of sp³-hybridized carbons (Fsp3) is 0.136. The van der Waals surface area contributed by atoms with Gasteiger partial charge in [0.1, 0.15) is 5.75 Å². The topological polar surface area (TPSA) is 41.8 Å². The predicted octanol–water partition coefficient (Wildman–Crippen LogP) is 5.10. The maximum atomic E-state index is 9.57. The van der Waals surface area contributed by atoms with Crippen LogP contribution in [-0.4, -0.2) is 18.0 Å². The van der Waals surface area contributed by atoms with Crippen LogP contribution in [0.4, 0.5) is 0 Å². The van der Waals surface area contributed by atoms with Crippen LogP contribution in [0.3, 0.4) is 0 Å². The molecule has 1 unspecified atom stereocenters. The molecule has 0 radical (unpaired) electrons. The molecule has 0 spiro atoms. The molecule has 126 valence electrons. The van der Waals surface area contributed by atoms with Crippen LogP contribution < -0.4 is 4.74 Å². The lowest BCUT2D eigenvalue weighted by Crippen LogP contribution is -2.10. The van der Waals surface area contributed by atoms with E-state index in [0.717, 1.165) is 16.9 Å². The van der Waals surface area contributed by atoms with Gasteiger partial charge >= 0.3 is 0 Å². The first-order valence-electron chi connectivity index (χ1n) is 8.27. The second-order valence-corrected chi connectivity index (χ2v) is 5.85. The van der Waals surface area contributed by atoms with Crippen LogP contribution >= 0.6 is 0 Å². The lowest BCUT2D eigenvalue weighted by Gasteiger charge is -2.19. The summed E-state index contributed by atoms with van der Waals surface area (Å²) in [5, 5.41) is 13.1. The Morgan fingerprint density at radius 3 is 1.96 bits per heavy atom. The van der Waals surface area contributed by atoms with Crippen molar-refractivity contribution >= 4 is 5.71 Å². The van der Waals surface area contributed by atoms with Crippen LogP contribution in [0, 0.1) is 0 Å². The number of ether oxygens (including phenoxy) is 1. The molecule has 0 aliphatic heterocycles. The van der Waals surface area contributed by atoms with E-state index in [2.05, 4.69) is 29.4 Å². The van der Waals surface area contributed by atoms with Crippen molar-refractivity contribution in [2.24, 2.45) is 5.16 Å². The Morgan fingerprint density at radius 2 is 1.40 bits per heavy atom. The van der Waals surface area contributed by atoms with Crippen LogP contribution in [0.2, 0.25) is 0 Å². The molecule has 0 bridgehead atoms. The van der Waals surface area contributed by atoms with Crippen molar-refractivity contribution in [1.29, 1.82) is 0 Å². The Labute approximate surface area is 148 Å². The van der Waals surface area contributed by atoms with E-state index in [4.69, 9.17) is 4.74 Å². The van der Waals surface area contributed by atoms with E-state index in [0.29, 0.717) is 12.1 Å². The van der Waals surface area contributed by atoms with Crippen molar-refractivity contribution in [2.75, 3.05) is 7.11 Å². The fourth-order valence-electron chi connectivity index (χ4n) is 2.99. The van der Waals surface area contributed by atoms with Crippen molar-refractivity contribution < 1.29 is 9.94 Å². The molecule has 0 saturated heterocycles. The molecule has 0 aliphatic rings. The summed E-state index contributed by atoms with van der Waals surface area (Å²) in [5.74, 6) is 0.924. The quantitative estimate of drug-likeness (QED) is 0.388. The zero-order valence-corrected chi connectivity index (χ0v) is 14.2. The smallest absolute Gasteiger partial charge is 0.118 e. The minimum atomic E-state index is 0.0956. The maximum Gasteiger partial charge on any atom is 0.118 e. The molecule has 0 saturated carbocycles.